The van der Waals surface area contributed by atoms with Gasteiger partial charge >= 0.3 is 0 Å². The number of hydrogen-bond acceptors (Lipinski definition) is 1. The summed E-state index contributed by atoms with van der Waals surface area (Å²) in [6.45, 7) is 2.15. The van der Waals surface area contributed by atoms with Gasteiger partial charge in [-0.3, -0.25) is 4.79 Å². The van der Waals surface area contributed by atoms with Crippen LogP contribution in [0.15, 0.2) is 22.7 Å². The lowest BCUT2D eigenvalue weighted by atomic mass is 10.2. The first-order valence-corrected chi connectivity index (χ1v) is 5.58. The minimum absolute atomic E-state index is 0.0406. The maximum Gasteiger partial charge on any atom is 0.254 e. The molecule has 4 heteroatoms. The minimum Gasteiger partial charge on any atom is -0.351 e. The molecule has 0 saturated heterocycles. The first-order valence-electron chi connectivity index (χ1n) is 4.78. The predicted molar refractivity (Wildman–Crippen MR) is 64.5 cm³/mol. The van der Waals surface area contributed by atoms with Gasteiger partial charge in [0.2, 0.25) is 0 Å². The summed E-state index contributed by atoms with van der Waals surface area (Å²) >= 11 is 3.03. The number of nitrogens with one attached hydrogen (secondary N) is 1. The van der Waals surface area contributed by atoms with Crippen LogP contribution in [0.5, 0.6) is 0 Å². The molecule has 0 unspecified atom stereocenters. The Labute approximate surface area is 102 Å². The van der Waals surface area contributed by atoms with E-state index in [0.29, 0.717) is 13.0 Å². The molecule has 16 heavy (non-hydrogen) atoms. The van der Waals surface area contributed by atoms with Crippen LogP contribution >= 0.6 is 15.9 Å². The van der Waals surface area contributed by atoms with E-state index >= 15 is 0 Å². The fourth-order valence-electron chi connectivity index (χ4n) is 1.14. The van der Waals surface area contributed by atoms with Crippen molar-refractivity contribution < 1.29 is 9.18 Å². The molecule has 1 amide bonds. The van der Waals surface area contributed by atoms with E-state index in [1.807, 2.05) is 0 Å². The van der Waals surface area contributed by atoms with Crippen molar-refractivity contribution in [2.24, 2.45) is 0 Å². The lowest BCUT2D eigenvalue weighted by Crippen LogP contribution is -2.25. The molecule has 0 spiro atoms. The second-order valence-corrected chi connectivity index (χ2v) is 3.89. The molecule has 1 rings (SSSR count). The van der Waals surface area contributed by atoms with Crippen molar-refractivity contribution in [3.05, 3.63) is 34.1 Å². The number of benzene rings is 1. The first-order chi connectivity index (χ1) is 7.66. The highest BCUT2D eigenvalue weighted by atomic mass is 79.9. The molecule has 0 heterocycles. The Morgan fingerprint density at radius 3 is 3.00 bits per heavy atom. The lowest BCUT2D eigenvalue weighted by molar-refractivity contribution is 0.0950. The highest BCUT2D eigenvalue weighted by Crippen LogP contribution is 2.18. The molecule has 0 aliphatic rings. The van der Waals surface area contributed by atoms with Crippen molar-refractivity contribution in [2.45, 2.75) is 13.3 Å². The molecule has 1 N–H and O–H groups in total. The Kier molecular flexibility index (Phi) is 5.00. The maximum atomic E-state index is 13.5. The fraction of sp³-hybridized carbons (Fsp3) is 0.250. The topological polar surface area (TPSA) is 29.1 Å². The van der Waals surface area contributed by atoms with Crippen LogP contribution in [0.25, 0.3) is 0 Å². The summed E-state index contributed by atoms with van der Waals surface area (Å²) in [5.74, 6) is 4.57. The van der Waals surface area contributed by atoms with E-state index in [4.69, 9.17) is 0 Å². The van der Waals surface area contributed by atoms with Gasteiger partial charge in [-0.2, -0.15) is 0 Å². The molecule has 1 aromatic rings. The third kappa shape index (κ3) is 3.35. The molecular weight excluding hydrogens is 273 g/mol. The molecule has 0 radical (unpaired) electrons. The average molecular weight is 284 g/mol. The molecule has 2 nitrogen and oxygen atoms in total. The summed E-state index contributed by atoms with van der Waals surface area (Å²) in [6, 6.07) is 4.61. The number of halogens is 2. The third-order valence-corrected chi connectivity index (χ3v) is 2.52. The molecule has 1 aromatic carbocycles. The summed E-state index contributed by atoms with van der Waals surface area (Å²) in [5.41, 5.74) is 0.0406. The number of hydrogen-bond donors (Lipinski definition) is 1. The van der Waals surface area contributed by atoms with E-state index in [-0.39, 0.29) is 10.0 Å². The van der Waals surface area contributed by atoms with E-state index in [9.17, 15) is 9.18 Å². The van der Waals surface area contributed by atoms with Gasteiger partial charge < -0.3 is 5.32 Å². The standard InChI is InChI=1S/C12H11BrFNO/c1-2-3-4-8-15-12(16)9-6-5-7-10(13)11(9)14/h5-7H,4,8H2,1H3,(H,15,16). The van der Waals surface area contributed by atoms with Gasteiger partial charge in [0.25, 0.3) is 5.91 Å². The Morgan fingerprint density at radius 2 is 2.31 bits per heavy atom. The average Bonchev–Trinajstić information content (AvgIpc) is 2.28. The summed E-state index contributed by atoms with van der Waals surface area (Å²) in [6.07, 6.45) is 0.567. The smallest absolute Gasteiger partial charge is 0.254 e. The summed E-state index contributed by atoms with van der Waals surface area (Å²) < 4.78 is 13.8. The van der Waals surface area contributed by atoms with E-state index < -0.39 is 11.7 Å². The van der Waals surface area contributed by atoms with Crippen molar-refractivity contribution in [1.82, 2.24) is 5.32 Å². The Hall–Kier alpha value is -1.34. The van der Waals surface area contributed by atoms with Crippen LogP contribution < -0.4 is 5.32 Å². The number of rotatable bonds is 3. The fourth-order valence-corrected chi connectivity index (χ4v) is 1.50. The van der Waals surface area contributed by atoms with Gasteiger partial charge in [0.1, 0.15) is 5.82 Å². The SMILES string of the molecule is CC#CCCNC(=O)c1cccc(Br)c1F. The van der Waals surface area contributed by atoms with Gasteiger partial charge in [0.05, 0.1) is 10.0 Å². The van der Waals surface area contributed by atoms with Crippen molar-refractivity contribution in [1.29, 1.82) is 0 Å². The quantitative estimate of drug-likeness (QED) is 0.671. The first kappa shape index (κ1) is 12.7. The minimum atomic E-state index is -0.540. The lowest BCUT2D eigenvalue weighted by Gasteiger charge is -2.05. The largest absolute Gasteiger partial charge is 0.351 e. The Morgan fingerprint density at radius 1 is 1.56 bits per heavy atom. The van der Waals surface area contributed by atoms with Gasteiger partial charge in [-0.05, 0) is 35.0 Å². The van der Waals surface area contributed by atoms with E-state index in [2.05, 4.69) is 33.1 Å². The Balaban J connectivity index is 2.65. The van der Waals surface area contributed by atoms with Crippen molar-refractivity contribution >= 4 is 21.8 Å². The molecule has 84 valence electrons. The monoisotopic (exact) mass is 283 g/mol. The van der Waals surface area contributed by atoms with Crippen molar-refractivity contribution in [3.63, 3.8) is 0 Å². The summed E-state index contributed by atoms with van der Waals surface area (Å²) in [5, 5.41) is 2.60. The normalized spacial score (nSPS) is 9.19. The second kappa shape index (κ2) is 6.29. The van der Waals surface area contributed by atoms with Gasteiger partial charge in [-0.1, -0.05) is 6.07 Å². The predicted octanol–water partition coefficient (Wildman–Crippen LogP) is 2.73. The summed E-state index contributed by atoms with van der Waals surface area (Å²) in [7, 11) is 0. The molecule has 0 atom stereocenters. The summed E-state index contributed by atoms with van der Waals surface area (Å²) in [4.78, 5) is 11.6. The van der Waals surface area contributed by atoms with Gasteiger partial charge in [0.15, 0.2) is 0 Å². The molecule has 0 aliphatic heterocycles. The highest BCUT2D eigenvalue weighted by molar-refractivity contribution is 9.10. The van der Waals surface area contributed by atoms with Gasteiger partial charge in [0, 0.05) is 13.0 Å². The van der Waals surface area contributed by atoms with Crippen LogP contribution in [0.3, 0.4) is 0 Å². The van der Waals surface area contributed by atoms with Gasteiger partial charge in [-0.15, -0.1) is 11.8 Å². The van der Waals surface area contributed by atoms with Crippen molar-refractivity contribution in [3.8, 4) is 11.8 Å². The molecule has 0 saturated carbocycles. The number of carbonyl (C=O) groups is 1. The van der Waals surface area contributed by atoms with Crippen LogP contribution in [-0.2, 0) is 0 Å². The van der Waals surface area contributed by atoms with Crippen LogP contribution in [0.2, 0.25) is 0 Å². The number of carbonyl (C=O) groups excluding carboxylic acids is 1. The van der Waals surface area contributed by atoms with Gasteiger partial charge in [-0.25, -0.2) is 4.39 Å². The van der Waals surface area contributed by atoms with Crippen LogP contribution in [0.1, 0.15) is 23.7 Å². The van der Waals surface area contributed by atoms with E-state index in [0.717, 1.165) is 0 Å². The van der Waals surface area contributed by atoms with Crippen LogP contribution in [-0.4, -0.2) is 12.5 Å². The molecular formula is C12H11BrFNO. The Bertz CT molecular complexity index is 448. The molecule has 0 aliphatic carbocycles. The maximum absolute atomic E-state index is 13.5. The zero-order chi connectivity index (χ0) is 12.0. The molecule has 0 bridgehead atoms. The van der Waals surface area contributed by atoms with Crippen LogP contribution in [0.4, 0.5) is 4.39 Å². The number of amides is 1. The second-order valence-electron chi connectivity index (χ2n) is 3.03. The highest BCUT2D eigenvalue weighted by Gasteiger charge is 2.12. The van der Waals surface area contributed by atoms with E-state index in [1.165, 1.54) is 6.07 Å². The third-order valence-electron chi connectivity index (χ3n) is 1.91. The zero-order valence-electron chi connectivity index (χ0n) is 8.81. The van der Waals surface area contributed by atoms with E-state index in [1.54, 1.807) is 19.1 Å². The van der Waals surface area contributed by atoms with Crippen LogP contribution in [0, 0.1) is 17.7 Å². The zero-order valence-corrected chi connectivity index (χ0v) is 10.4. The molecule has 0 aromatic heterocycles. The van der Waals surface area contributed by atoms with Crippen molar-refractivity contribution in [2.75, 3.05) is 6.54 Å². The molecule has 0 fully saturated rings.